The number of methoxy groups -OCH3 is 1. The second-order valence-corrected chi connectivity index (χ2v) is 9.13. The van der Waals surface area contributed by atoms with Crippen molar-refractivity contribution in [3.05, 3.63) is 72.1 Å². The average Bonchev–Trinajstić information content (AvgIpc) is 3.18. The van der Waals surface area contributed by atoms with E-state index >= 15 is 0 Å². The number of ketones is 1. The molecule has 35 heavy (non-hydrogen) atoms. The molecule has 1 N–H and O–H groups in total. The van der Waals surface area contributed by atoms with E-state index in [4.69, 9.17) is 4.74 Å². The molecule has 0 radical (unpaired) electrons. The van der Waals surface area contributed by atoms with Crippen LogP contribution in [0.4, 0.5) is 11.4 Å². The number of rotatable bonds is 8. The summed E-state index contributed by atoms with van der Waals surface area (Å²) in [6, 6.07) is 19.7. The number of piperazine rings is 1. The molecule has 7 nitrogen and oxygen atoms in total. The van der Waals surface area contributed by atoms with Crippen molar-refractivity contribution in [2.24, 2.45) is 7.05 Å². The number of aromatic nitrogens is 1. The number of hydrogen-bond donors (Lipinski definition) is 1. The summed E-state index contributed by atoms with van der Waals surface area (Å²) in [7, 11) is 3.55. The van der Waals surface area contributed by atoms with Crippen LogP contribution in [0.5, 0.6) is 0 Å². The summed E-state index contributed by atoms with van der Waals surface area (Å²) < 4.78 is 7.06. The summed E-state index contributed by atoms with van der Waals surface area (Å²) in [5, 5.41) is 2.78. The van der Waals surface area contributed by atoms with Gasteiger partial charge >= 0.3 is 0 Å². The quantitative estimate of drug-likeness (QED) is 0.395. The minimum atomic E-state index is -0.642. The van der Waals surface area contributed by atoms with Crippen LogP contribution in [0.3, 0.4) is 0 Å². The molecule has 1 fully saturated rings. The highest BCUT2D eigenvalue weighted by Gasteiger charge is 2.25. The summed E-state index contributed by atoms with van der Waals surface area (Å²) in [5.74, 6) is -1.19. The van der Waals surface area contributed by atoms with Gasteiger partial charge in [-0.15, -0.1) is 0 Å². The number of nitrogens with one attached hydrogen (secondary N) is 1. The van der Waals surface area contributed by atoms with Gasteiger partial charge in [-0.3, -0.25) is 14.5 Å². The van der Waals surface area contributed by atoms with Gasteiger partial charge in [0, 0.05) is 69.0 Å². The summed E-state index contributed by atoms with van der Waals surface area (Å²) in [5.41, 5.74) is 4.70. The highest BCUT2D eigenvalue weighted by atomic mass is 16.5. The molecular formula is C28H34N4O3. The van der Waals surface area contributed by atoms with Crippen LogP contribution >= 0.6 is 0 Å². The Balaban J connectivity index is 1.41. The zero-order chi connectivity index (χ0) is 24.9. The predicted molar refractivity (Wildman–Crippen MR) is 140 cm³/mol. The molecule has 0 bridgehead atoms. The lowest BCUT2D eigenvalue weighted by Gasteiger charge is -2.39. The molecule has 0 saturated carbocycles. The van der Waals surface area contributed by atoms with Crippen molar-refractivity contribution in [2.45, 2.75) is 19.9 Å². The number of anilines is 2. The number of nitrogens with zero attached hydrogens (tertiary/aromatic N) is 3. The van der Waals surface area contributed by atoms with E-state index in [1.807, 2.05) is 74.6 Å². The Morgan fingerprint density at radius 2 is 1.66 bits per heavy atom. The molecule has 0 aliphatic carbocycles. The smallest absolute Gasteiger partial charge is 0.298 e. The highest BCUT2D eigenvalue weighted by Crippen LogP contribution is 2.27. The lowest BCUT2D eigenvalue weighted by molar-refractivity contribution is -0.112. The van der Waals surface area contributed by atoms with Gasteiger partial charge < -0.3 is 19.5 Å². The molecule has 184 valence electrons. The number of ether oxygens (including phenoxy) is 1. The summed E-state index contributed by atoms with van der Waals surface area (Å²) in [4.78, 5) is 30.8. The standard InChI is InChI=1S/C28H34N4O3/c1-20-18-25(22-8-6-5-7-9-22)26(30(20)3)27(33)28(34)29-23-10-12-24(13-11-23)32-16-14-31(15-17-32)21(2)19-35-4/h5-13,18,21H,14-17,19H2,1-4H3,(H,29,34). The zero-order valence-corrected chi connectivity index (χ0v) is 21.0. The highest BCUT2D eigenvalue weighted by molar-refractivity contribution is 6.47. The first-order valence-corrected chi connectivity index (χ1v) is 12.0. The fourth-order valence-corrected chi connectivity index (χ4v) is 4.66. The van der Waals surface area contributed by atoms with Crippen LogP contribution < -0.4 is 10.2 Å². The van der Waals surface area contributed by atoms with Gasteiger partial charge in [0.15, 0.2) is 0 Å². The van der Waals surface area contributed by atoms with Crippen molar-refractivity contribution in [3.63, 3.8) is 0 Å². The average molecular weight is 475 g/mol. The second kappa shape index (κ2) is 10.9. The molecule has 1 aromatic heterocycles. The van der Waals surface area contributed by atoms with E-state index in [1.165, 1.54) is 0 Å². The van der Waals surface area contributed by atoms with Crippen LogP contribution in [0.25, 0.3) is 11.1 Å². The Morgan fingerprint density at radius 1 is 1.00 bits per heavy atom. The molecular weight excluding hydrogens is 440 g/mol. The van der Waals surface area contributed by atoms with Crippen LogP contribution in [0.1, 0.15) is 23.1 Å². The Kier molecular flexibility index (Phi) is 7.68. The van der Waals surface area contributed by atoms with Gasteiger partial charge in [-0.05, 0) is 49.7 Å². The predicted octanol–water partition coefficient (Wildman–Crippen LogP) is 3.98. The maximum atomic E-state index is 13.2. The Bertz CT molecular complexity index is 1160. The normalized spacial score (nSPS) is 15.1. The first-order valence-electron chi connectivity index (χ1n) is 12.0. The Morgan fingerprint density at radius 3 is 2.29 bits per heavy atom. The minimum absolute atomic E-state index is 0.392. The van der Waals surface area contributed by atoms with Crippen molar-refractivity contribution in [3.8, 4) is 11.1 Å². The van der Waals surface area contributed by atoms with E-state index < -0.39 is 11.7 Å². The number of Topliss-reactive ketones (excluding diaryl/α,β-unsaturated/α-hetero) is 1. The Labute approximate surface area is 207 Å². The lowest BCUT2D eigenvalue weighted by Crippen LogP contribution is -2.50. The van der Waals surface area contributed by atoms with E-state index in [1.54, 1.807) is 11.7 Å². The van der Waals surface area contributed by atoms with Gasteiger partial charge in [0.05, 0.1) is 6.61 Å². The summed E-state index contributed by atoms with van der Waals surface area (Å²) in [6.45, 7) is 8.70. The number of aryl methyl sites for hydroxylation is 1. The third-order valence-electron chi connectivity index (χ3n) is 6.81. The number of benzene rings is 2. The fourth-order valence-electron chi connectivity index (χ4n) is 4.66. The van der Waals surface area contributed by atoms with E-state index in [0.29, 0.717) is 17.4 Å². The number of hydrogen-bond acceptors (Lipinski definition) is 5. The molecule has 1 aliphatic heterocycles. The molecule has 7 heteroatoms. The molecule has 1 amide bonds. The van der Waals surface area contributed by atoms with Crippen LogP contribution in [0.2, 0.25) is 0 Å². The van der Waals surface area contributed by atoms with Crippen LogP contribution in [0.15, 0.2) is 60.7 Å². The summed E-state index contributed by atoms with van der Waals surface area (Å²) >= 11 is 0. The van der Waals surface area contributed by atoms with Gasteiger partial charge in [0.25, 0.3) is 11.7 Å². The van der Waals surface area contributed by atoms with Crippen molar-refractivity contribution >= 4 is 23.1 Å². The van der Waals surface area contributed by atoms with Crippen molar-refractivity contribution in [2.75, 3.05) is 50.1 Å². The van der Waals surface area contributed by atoms with Crippen molar-refractivity contribution in [1.82, 2.24) is 9.47 Å². The van der Waals surface area contributed by atoms with Gasteiger partial charge in [-0.2, -0.15) is 0 Å². The molecule has 2 aromatic carbocycles. The minimum Gasteiger partial charge on any atom is -0.383 e. The lowest BCUT2D eigenvalue weighted by atomic mass is 10.0. The summed E-state index contributed by atoms with van der Waals surface area (Å²) in [6.07, 6.45) is 0. The van der Waals surface area contributed by atoms with Crippen LogP contribution in [0, 0.1) is 6.92 Å². The first-order chi connectivity index (χ1) is 16.9. The molecule has 2 heterocycles. The fraction of sp³-hybridized carbons (Fsp3) is 0.357. The zero-order valence-electron chi connectivity index (χ0n) is 21.0. The first kappa shape index (κ1) is 24.7. The maximum absolute atomic E-state index is 13.2. The second-order valence-electron chi connectivity index (χ2n) is 9.13. The van der Waals surface area contributed by atoms with Gasteiger partial charge in [0.1, 0.15) is 5.69 Å². The maximum Gasteiger partial charge on any atom is 0.298 e. The van der Waals surface area contributed by atoms with E-state index in [2.05, 4.69) is 22.0 Å². The molecule has 1 aliphatic rings. The third-order valence-corrected chi connectivity index (χ3v) is 6.81. The molecule has 1 unspecified atom stereocenters. The largest absolute Gasteiger partial charge is 0.383 e. The molecule has 3 aromatic rings. The topological polar surface area (TPSA) is 66.8 Å². The molecule has 1 atom stereocenters. The van der Waals surface area contributed by atoms with Gasteiger partial charge in [-0.25, -0.2) is 0 Å². The SMILES string of the molecule is COCC(C)N1CCN(c2ccc(NC(=O)C(=O)c3c(-c4ccccc4)cc(C)n3C)cc2)CC1. The molecule has 1 saturated heterocycles. The van der Waals surface area contributed by atoms with E-state index in [0.717, 1.165) is 55.3 Å². The van der Waals surface area contributed by atoms with Crippen LogP contribution in [-0.4, -0.2) is 67.1 Å². The van der Waals surface area contributed by atoms with Crippen molar-refractivity contribution < 1.29 is 14.3 Å². The molecule has 4 rings (SSSR count). The number of amides is 1. The van der Waals surface area contributed by atoms with Gasteiger partial charge in [0.2, 0.25) is 0 Å². The monoisotopic (exact) mass is 474 g/mol. The molecule has 0 spiro atoms. The van der Waals surface area contributed by atoms with Crippen molar-refractivity contribution in [1.29, 1.82) is 0 Å². The van der Waals surface area contributed by atoms with Gasteiger partial charge in [-0.1, -0.05) is 30.3 Å². The van der Waals surface area contributed by atoms with E-state index in [-0.39, 0.29) is 0 Å². The number of carbonyl (C=O) groups excluding carboxylic acids is 2. The van der Waals surface area contributed by atoms with Crippen LogP contribution in [-0.2, 0) is 16.6 Å². The van der Waals surface area contributed by atoms with E-state index in [9.17, 15) is 9.59 Å². The Hall–Kier alpha value is -3.42. The third kappa shape index (κ3) is 5.47. The number of carbonyl (C=O) groups is 2.